The number of aromatic amines is 1. The van der Waals surface area contributed by atoms with E-state index in [1.165, 1.54) is 10.9 Å². The van der Waals surface area contributed by atoms with Gasteiger partial charge in [-0.05, 0) is 50.1 Å². The van der Waals surface area contributed by atoms with Gasteiger partial charge in [-0.25, -0.2) is 4.68 Å². The van der Waals surface area contributed by atoms with E-state index in [2.05, 4.69) is 25.5 Å². The quantitative estimate of drug-likeness (QED) is 0.365. The molecule has 1 saturated heterocycles. The number of carbonyl (C=O) groups excluding carboxylic acids is 2. The van der Waals surface area contributed by atoms with Gasteiger partial charge in [-0.2, -0.15) is 19.9 Å². The number of anilines is 2. The summed E-state index contributed by atoms with van der Waals surface area (Å²) in [5.74, 6) is -0.490. The Morgan fingerprint density at radius 1 is 1.03 bits per heavy atom. The van der Waals surface area contributed by atoms with E-state index in [4.69, 9.17) is 0 Å². The second kappa shape index (κ2) is 9.35. The summed E-state index contributed by atoms with van der Waals surface area (Å²) >= 11 is 0. The average molecular weight is 523 g/mol. The molecule has 0 radical (unpaired) electrons. The third-order valence-electron chi connectivity index (χ3n) is 7.08. The normalized spacial score (nSPS) is 15.3. The number of para-hydroxylation sites is 1. The van der Waals surface area contributed by atoms with Crippen LogP contribution >= 0.6 is 0 Å². The fraction of sp³-hybridized carbons (Fsp3) is 0.214. The summed E-state index contributed by atoms with van der Waals surface area (Å²) in [5, 5.41) is 12.1. The minimum atomic E-state index is -0.540. The Kier molecular flexibility index (Phi) is 5.82. The summed E-state index contributed by atoms with van der Waals surface area (Å²) in [6, 6.07) is 16.8. The Morgan fingerprint density at radius 2 is 1.82 bits per heavy atom. The highest BCUT2D eigenvalue weighted by Crippen LogP contribution is 2.27. The van der Waals surface area contributed by atoms with Gasteiger partial charge in [0.05, 0.1) is 23.5 Å². The topological polar surface area (TPSA) is 131 Å². The lowest BCUT2D eigenvalue weighted by Crippen LogP contribution is -2.28. The molecule has 1 aliphatic heterocycles. The number of benzene rings is 2. The minimum Gasteiger partial charge on any atom is -0.312 e. The van der Waals surface area contributed by atoms with Gasteiger partial charge in [0.25, 0.3) is 5.56 Å². The lowest BCUT2D eigenvalue weighted by Gasteiger charge is -2.16. The van der Waals surface area contributed by atoms with E-state index < -0.39 is 5.92 Å². The summed E-state index contributed by atoms with van der Waals surface area (Å²) in [6.45, 7) is 6.05. The lowest BCUT2D eigenvalue weighted by atomic mass is 10.1. The van der Waals surface area contributed by atoms with Crippen LogP contribution in [0.5, 0.6) is 0 Å². The van der Waals surface area contributed by atoms with Crippen LogP contribution in [0, 0.1) is 26.7 Å². The van der Waals surface area contributed by atoms with Crippen molar-refractivity contribution in [1.29, 1.82) is 0 Å². The number of hydrogen-bond acceptors (Lipinski definition) is 6. The first-order valence-corrected chi connectivity index (χ1v) is 12.6. The summed E-state index contributed by atoms with van der Waals surface area (Å²) in [6.07, 6.45) is 1.59. The molecule has 1 atom stereocenters. The molecule has 5 aromatic rings. The molecule has 11 nitrogen and oxygen atoms in total. The molecule has 3 aromatic heterocycles. The second-order valence-electron chi connectivity index (χ2n) is 9.72. The van der Waals surface area contributed by atoms with Crippen LogP contribution in [0.3, 0.4) is 0 Å². The number of aromatic nitrogens is 6. The van der Waals surface area contributed by atoms with E-state index in [0.717, 1.165) is 22.5 Å². The summed E-state index contributed by atoms with van der Waals surface area (Å²) in [4.78, 5) is 47.9. The molecule has 2 aromatic carbocycles. The maximum Gasteiger partial charge on any atom is 0.263 e. The number of hydrogen-bond donors (Lipinski definition) is 2. The van der Waals surface area contributed by atoms with E-state index in [0.29, 0.717) is 22.5 Å². The number of H-pyrrole nitrogens is 1. The van der Waals surface area contributed by atoms with Gasteiger partial charge in [0.2, 0.25) is 17.8 Å². The van der Waals surface area contributed by atoms with Crippen LogP contribution in [-0.4, -0.2) is 47.9 Å². The first-order chi connectivity index (χ1) is 18.8. The van der Waals surface area contributed by atoms with Crippen molar-refractivity contribution in [2.24, 2.45) is 5.92 Å². The van der Waals surface area contributed by atoms with Gasteiger partial charge in [-0.1, -0.05) is 30.3 Å². The summed E-state index contributed by atoms with van der Waals surface area (Å²) < 4.78 is 3.02. The zero-order valence-corrected chi connectivity index (χ0v) is 21.7. The van der Waals surface area contributed by atoms with Gasteiger partial charge in [0.15, 0.2) is 5.65 Å². The third-order valence-corrected chi connectivity index (χ3v) is 7.08. The highest BCUT2D eigenvalue weighted by atomic mass is 16.2. The van der Waals surface area contributed by atoms with Crippen molar-refractivity contribution in [3.63, 3.8) is 0 Å². The molecule has 0 saturated carbocycles. The predicted octanol–water partition coefficient (Wildman–Crippen LogP) is 3.21. The molecule has 6 rings (SSSR count). The SMILES string of the molecule is Cc1cc(NC(=O)C2CC(=O)N(c3ccccc3)C2)n(-c2nc3c(cnn3-c3cccc(C)c3C)c(=O)[nH]2)n1. The van der Waals surface area contributed by atoms with Gasteiger partial charge in [-0.15, -0.1) is 0 Å². The van der Waals surface area contributed by atoms with Crippen molar-refractivity contribution < 1.29 is 9.59 Å². The Morgan fingerprint density at radius 3 is 2.62 bits per heavy atom. The van der Waals surface area contributed by atoms with E-state index >= 15 is 0 Å². The van der Waals surface area contributed by atoms with Crippen molar-refractivity contribution in [3.05, 3.63) is 88.0 Å². The molecule has 2 amide bonds. The Balaban J connectivity index is 1.33. The third kappa shape index (κ3) is 4.27. The predicted molar refractivity (Wildman–Crippen MR) is 146 cm³/mol. The van der Waals surface area contributed by atoms with Crippen molar-refractivity contribution >= 4 is 34.4 Å². The van der Waals surface area contributed by atoms with Gasteiger partial charge in [0.1, 0.15) is 11.2 Å². The zero-order valence-electron chi connectivity index (χ0n) is 21.7. The number of fused-ring (bicyclic) bond motifs is 1. The molecule has 39 heavy (non-hydrogen) atoms. The lowest BCUT2D eigenvalue weighted by molar-refractivity contribution is -0.122. The van der Waals surface area contributed by atoms with Gasteiger partial charge in [0, 0.05) is 24.7 Å². The molecule has 1 fully saturated rings. The summed E-state index contributed by atoms with van der Waals surface area (Å²) in [5.41, 5.74) is 4.28. The zero-order chi connectivity index (χ0) is 27.3. The van der Waals surface area contributed by atoms with Crippen molar-refractivity contribution in [1.82, 2.24) is 29.5 Å². The molecule has 0 aliphatic carbocycles. The molecule has 11 heteroatoms. The Bertz CT molecular complexity index is 1800. The minimum absolute atomic E-state index is 0.101. The Hall–Kier alpha value is -5.06. The number of nitrogens with one attached hydrogen (secondary N) is 2. The Labute approximate surface area is 223 Å². The van der Waals surface area contributed by atoms with E-state index in [-0.39, 0.29) is 36.3 Å². The van der Waals surface area contributed by atoms with Crippen LogP contribution in [0.25, 0.3) is 22.7 Å². The van der Waals surface area contributed by atoms with Crippen molar-refractivity contribution in [2.75, 3.05) is 16.8 Å². The monoisotopic (exact) mass is 522 g/mol. The van der Waals surface area contributed by atoms with E-state index in [9.17, 15) is 14.4 Å². The van der Waals surface area contributed by atoms with Gasteiger partial charge in [-0.3, -0.25) is 19.4 Å². The first kappa shape index (κ1) is 24.3. The van der Waals surface area contributed by atoms with Crippen LogP contribution in [0.4, 0.5) is 11.5 Å². The molecule has 0 bridgehead atoms. The van der Waals surface area contributed by atoms with E-state index in [1.807, 2.05) is 62.4 Å². The average Bonchev–Trinajstić information content (AvgIpc) is 3.63. The smallest absolute Gasteiger partial charge is 0.263 e. The van der Waals surface area contributed by atoms with Crippen LogP contribution < -0.4 is 15.8 Å². The van der Waals surface area contributed by atoms with E-state index in [1.54, 1.807) is 22.6 Å². The molecule has 2 N–H and O–H groups in total. The van der Waals surface area contributed by atoms with Crippen molar-refractivity contribution in [2.45, 2.75) is 27.2 Å². The van der Waals surface area contributed by atoms with Gasteiger partial charge < -0.3 is 10.2 Å². The van der Waals surface area contributed by atoms with Crippen LogP contribution in [0.1, 0.15) is 23.2 Å². The standard InChI is InChI=1S/C28H26N8O3/c1-16-8-7-11-22(18(16)3)35-25-21(14-29-35)27(39)32-28(31-25)36-23(12-17(2)33-36)30-26(38)19-13-24(37)34(15-19)20-9-5-4-6-10-20/h4-12,14,19H,13,15H2,1-3H3,(H,30,38)(H,31,32,39). The molecule has 0 spiro atoms. The van der Waals surface area contributed by atoms with Crippen LogP contribution in [-0.2, 0) is 9.59 Å². The molecule has 1 aliphatic rings. The first-order valence-electron chi connectivity index (χ1n) is 12.6. The molecule has 4 heterocycles. The summed E-state index contributed by atoms with van der Waals surface area (Å²) in [7, 11) is 0. The second-order valence-corrected chi connectivity index (χ2v) is 9.72. The largest absolute Gasteiger partial charge is 0.312 e. The fourth-order valence-corrected chi connectivity index (χ4v) is 4.87. The number of rotatable bonds is 5. The molecule has 1 unspecified atom stereocenters. The van der Waals surface area contributed by atoms with Crippen LogP contribution in [0.15, 0.2) is 65.6 Å². The highest BCUT2D eigenvalue weighted by molar-refractivity contribution is 6.03. The van der Waals surface area contributed by atoms with Crippen molar-refractivity contribution in [3.8, 4) is 11.6 Å². The van der Waals surface area contributed by atoms with Crippen LogP contribution in [0.2, 0.25) is 0 Å². The highest BCUT2D eigenvalue weighted by Gasteiger charge is 2.35. The van der Waals surface area contributed by atoms with Gasteiger partial charge >= 0.3 is 0 Å². The number of aryl methyl sites for hydroxylation is 2. The molecular formula is C28H26N8O3. The maximum atomic E-state index is 13.2. The fourth-order valence-electron chi connectivity index (χ4n) is 4.87. The maximum absolute atomic E-state index is 13.2. The number of carbonyl (C=O) groups is 2. The number of nitrogens with zero attached hydrogens (tertiary/aromatic N) is 6. The number of amides is 2. The molecular weight excluding hydrogens is 496 g/mol. The molecule has 196 valence electrons.